The van der Waals surface area contributed by atoms with Crippen molar-refractivity contribution < 1.29 is 40.2 Å². The monoisotopic (exact) mass is 730 g/mol. The molecule has 1 aliphatic carbocycles. The number of aromatic hydroxyl groups is 1. The summed E-state index contributed by atoms with van der Waals surface area (Å²) in [6, 6.07) is 5.75. The van der Waals surface area contributed by atoms with E-state index in [1.165, 1.54) is 18.2 Å². The Morgan fingerprint density at radius 2 is 1.78 bits per heavy atom. The van der Waals surface area contributed by atoms with Gasteiger partial charge in [0.1, 0.15) is 23.7 Å². The number of benzene rings is 3. The maximum atomic E-state index is 17.3. The number of halogens is 5. The fraction of sp³-hybridized carbons (Fsp3) is 0.486. The Labute approximate surface area is 289 Å². The number of sulfonamides is 1. The van der Waals surface area contributed by atoms with E-state index in [-0.39, 0.29) is 82.7 Å². The number of hydrogen-bond acceptors (Lipinski definition) is 9. The molecule has 270 valence electrons. The van der Waals surface area contributed by atoms with Gasteiger partial charge >= 0.3 is 6.01 Å². The Morgan fingerprint density at radius 1 is 1.04 bits per heavy atom. The van der Waals surface area contributed by atoms with Gasteiger partial charge in [-0.25, -0.2) is 35.5 Å². The molecule has 3 aromatic carbocycles. The van der Waals surface area contributed by atoms with Gasteiger partial charge in [0.2, 0.25) is 10.0 Å². The molecule has 4 saturated heterocycles. The van der Waals surface area contributed by atoms with Crippen LogP contribution in [0.1, 0.15) is 44.1 Å². The minimum Gasteiger partial charge on any atom is -0.508 e. The molecule has 16 heteroatoms. The van der Waals surface area contributed by atoms with E-state index in [0.717, 1.165) is 31.4 Å². The molecule has 0 amide bonds. The molecule has 4 N–H and O–H groups in total. The lowest BCUT2D eigenvalue weighted by Crippen LogP contribution is -2.51. The zero-order valence-electron chi connectivity index (χ0n) is 27.4. The molecule has 4 atom stereocenters. The van der Waals surface area contributed by atoms with E-state index in [4.69, 9.17) is 14.9 Å². The molecule has 0 radical (unpaired) electrons. The van der Waals surface area contributed by atoms with Crippen molar-refractivity contribution in [3.8, 4) is 22.9 Å². The number of ether oxygens (including phenoxy) is 1. The fourth-order valence-electron chi connectivity index (χ4n) is 9.37. The first-order valence-electron chi connectivity index (χ1n) is 17.1. The minimum atomic E-state index is -4.31. The van der Waals surface area contributed by atoms with Crippen molar-refractivity contribution in [1.29, 1.82) is 0 Å². The summed E-state index contributed by atoms with van der Waals surface area (Å²) >= 11 is 0. The summed E-state index contributed by atoms with van der Waals surface area (Å²) in [6.07, 6.45) is 3.40. The topological polar surface area (TPSA) is 134 Å². The number of phenols is 1. The largest absolute Gasteiger partial charge is 0.508 e. The number of aromatic nitrogens is 2. The van der Waals surface area contributed by atoms with Crippen molar-refractivity contribution in [1.82, 2.24) is 20.2 Å². The van der Waals surface area contributed by atoms with Gasteiger partial charge in [-0.15, -0.1) is 0 Å². The molecular weight excluding hydrogens is 695 g/mol. The summed E-state index contributed by atoms with van der Waals surface area (Å²) in [5.41, 5.74) is -2.92. The predicted molar refractivity (Wildman–Crippen MR) is 179 cm³/mol. The fourth-order valence-corrected chi connectivity index (χ4v) is 10.0. The Balaban J connectivity index is 1.23. The molecule has 51 heavy (non-hydrogen) atoms. The molecule has 2 bridgehead atoms. The van der Waals surface area contributed by atoms with E-state index in [1.807, 2.05) is 4.90 Å². The maximum Gasteiger partial charge on any atom is 0.319 e. The van der Waals surface area contributed by atoms with Crippen LogP contribution in [0.25, 0.3) is 32.8 Å². The highest BCUT2D eigenvalue weighted by atomic mass is 32.2. The molecule has 4 aromatic rings. The molecule has 1 saturated carbocycles. The highest BCUT2D eigenvalue weighted by molar-refractivity contribution is 7.88. The highest BCUT2D eigenvalue weighted by Gasteiger charge is 2.77. The van der Waals surface area contributed by atoms with E-state index in [1.54, 1.807) is 0 Å². The van der Waals surface area contributed by atoms with Crippen LogP contribution in [0.5, 0.6) is 11.8 Å². The first-order chi connectivity index (χ1) is 24.1. The first-order valence-corrected chi connectivity index (χ1v) is 18.8. The first kappa shape index (κ1) is 33.0. The van der Waals surface area contributed by atoms with Crippen molar-refractivity contribution in [2.45, 2.75) is 67.8 Å². The molecule has 1 aromatic heterocycles. The Hall–Kier alpha value is -3.86. The summed E-state index contributed by atoms with van der Waals surface area (Å²) in [7, 11) is -4.31. The molecular formula is C35H35F5N6O4S. The molecule has 4 aliphatic heterocycles. The predicted octanol–water partition coefficient (Wildman–Crippen LogP) is 4.94. The number of rotatable bonds is 7. The quantitative estimate of drug-likeness (QED) is 0.226. The van der Waals surface area contributed by atoms with Crippen LogP contribution in [0.2, 0.25) is 0 Å². The number of nitrogens with one attached hydrogen (secondary N) is 1. The number of nitrogens with zero attached hydrogens (tertiary/aromatic N) is 4. The lowest BCUT2D eigenvalue weighted by Gasteiger charge is -2.35. The summed E-state index contributed by atoms with van der Waals surface area (Å²) in [5, 5.41) is 19.4. The number of nitrogens with two attached hydrogens (primary N) is 1. The second-order valence-corrected chi connectivity index (χ2v) is 16.7. The number of piperazine rings is 1. The zero-order valence-corrected chi connectivity index (χ0v) is 28.2. The molecule has 0 unspecified atom stereocenters. The van der Waals surface area contributed by atoms with Gasteiger partial charge in [0.05, 0.1) is 16.7 Å². The number of phenolic OH excluding ortho intramolecular Hbond substituents is 1. The van der Waals surface area contributed by atoms with Gasteiger partial charge < -0.3 is 20.1 Å². The van der Waals surface area contributed by atoms with Crippen LogP contribution in [0, 0.1) is 22.9 Å². The van der Waals surface area contributed by atoms with Gasteiger partial charge in [0.15, 0.2) is 17.5 Å². The van der Waals surface area contributed by atoms with Crippen LogP contribution in [-0.2, 0) is 15.8 Å². The van der Waals surface area contributed by atoms with E-state index < -0.39 is 61.4 Å². The molecule has 5 heterocycles. The van der Waals surface area contributed by atoms with Crippen LogP contribution < -0.4 is 20.1 Å². The molecule has 5 aliphatic rings. The van der Waals surface area contributed by atoms with Crippen LogP contribution in [-0.4, -0.2) is 84.7 Å². The van der Waals surface area contributed by atoms with Gasteiger partial charge in [-0.1, -0.05) is 6.07 Å². The SMILES string of the molecule is NS(=O)(=O)Cc1cc2c(N3C[C@H]4CC[C@@H](C3)N4)nc(OC[C@@]34CCCN3C[C@@]3(CC3(F)F)C4)nc2c(F)c1-c1cc(O)cc2ccc(F)c(F)c12. The lowest BCUT2D eigenvalue weighted by molar-refractivity contribution is 0.0647. The minimum absolute atomic E-state index is 0.00222. The molecule has 9 rings (SSSR count). The average molecular weight is 731 g/mol. The second kappa shape index (κ2) is 11.1. The van der Waals surface area contributed by atoms with Crippen molar-refractivity contribution in [3.05, 3.63) is 53.3 Å². The van der Waals surface area contributed by atoms with E-state index in [2.05, 4.69) is 15.2 Å². The zero-order chi connectivity index (χ0) is 35.7. The molecule has 1 spiro atoms. The number of hydrogen-bond donors (Lipinski definition) is 3. The van der Waals surface area contributed by atoms with Crippen LogP contribution in [0.4, 0.5) is 27.8 Å². The summed E-state index contributed by atoms with van der Waals surface area (Å²) in [5.74, 6) is -7.34. The van der Waals surface area contributed by atoms with Gasteiger partial charge in [0.25, 0.3) is 5.92 Å². The number of anilines is 1. The van der Waals surface area contributed by atoms with Gasteiger partial charge in [0, 0.05) is 54.5 Å². The summed E-state index contributed by atoms with van der Waals surface area (Å²) in [6.45, 7) is 1.95. The van der Waals surface area contributed by atoms with Crippen LogP contribution in [0.15, 0.2) is 30.3 Å². The smallest absolute Gasteiger partial charge is 0.319 e. The van der Waals surface area contributed by atoms with Crippen molar-refractivity contribution in [2.24, 2.45) is 10.6 Å². The van der Waals surface area contributed by atoms with Crippen LogP contribution >= 0.6 is 0 Å². The van der Waals surface area contributed by atoms with E-state index >= 15 is 8.78 Å². The number of fused-ring (bicyclic) bond motifs is 5. The van der Waals surface area contributed by atoms with E-state index in [0.29, 0.717) is 26.1 Å². The standard InChI is InChI=1S/C35H35F5N6O4S/c36-25-5-2-18-8-22(47)10-23(26(18)28(25)37)27-19(13-51(41,48)49)9-24-30(29(27)38)43-32(44-31(24)45-11-20-3-4-21(12-45)42-20)50-17-34-6-1-7-46(34)16-33(14-34)15-35(33,39)40/h2,5,8-10,20-21,42,47H,1,3-4,6-7,11-17H2,(H2,41,48,49)/t20-,21+,33-,34-/m0/s1. The van der Waals surface area contributed by atoms with Crippen LogP contribution in [0.3, 0.4) is 0 Å². The molecule has 10 nitrogen and oxygen atoms in total. The number of alkyl halides is 2. The normalized spacial score (nSPS) is 28.3. The Bertz CT molecular complexity index is 2250. The maximum absolute atomic E-state index is 17.3. The van der Waals surface area contributed by atoms with Crippen molar-refractivity contribution in [3.63, 3.8) is 0 Å². The second-order valence-electron chi connectivity index (χ2n) is 15.1. The average Bonchev–Trinajstić information content (AvgIpc) is 3.38. The lowest BCUT2D eigenvalue weighted by atomic mass is 9.89. The summed E-state index contributed by atoms with van der Waals surface area (Å²) in [4.78, 5) is 13.2. The van der Waals surface area contributed by atoms with Gasteiger partial charge in [-0.3, -0.25) is 4.90 Å². The Kier molecular flexibility index (Phi) is 7.17. The third kappa shape index (κ3) is 5.31. The number of primary sulfonamides is 1. The van der Waals surface area contributed by atoms with Crippen molar-refractivity contribution in [2.75, 3.05) is 37.7 Å². The van der Waals surface area contributed by atoms with E-state index in [9.17, 15) is 26.7 Å². The van der Waals surface area contributed by atoms with Gasteiger partial charge in [-0.2, -0.15) is 9.97 Å². The Morgan fingerprint density at radius 3 is 2.49 bits per heavy atom. The highest BCUT2D eigenvalue weighted by Crippen LogP contribution is 2.69. The van der Waals surface area contributed by atoms with Crippen molar-refractivity contribution >= 4 is 37.5 Å². The third-order valence-corrected chi connectivity index (χ3v) is 12.4. The van der Waals surface area contributed by atoms with Gasteiger partial charge in [-0.05, 0) is 79.4 Å². The molecule has 5 fully saturated rings. The third-order valence-electron chi connectivity index (χ3n) is 11.7. The summed E-state index contributed by atoms with van der Waals surface area (Å²) < 4.78 is 108.